The molecule has 5 unspecified atom stereocenters. The van der Waals surface area contributed by atoms with Crippen molar-refractivity contribution in [3.8, 4) is 5.75 Å². The summed E-state index contributed by atoms with van der Waals surface area (Å²) in [6.07, 6.45) is 3.50. The summed E-state index contributed by atoms with van der Waals surface area (Å²) in [5.41, 5.74) is 7.32. The third-order valence-electron chi connectivity index (χ3n) is 5.30. The summed E-state index contributed by atoms with van der Waals surface area (Å²) in [6.45, 7) is 0.529. The Morgan fingerprint density at radius 1 is 1.25 bits per heavy atom. The monoisotopic (exact) mass is 272 g/mol. The fourth-order valence-corrected chi connectivity index (χ4v) is 4.27. The molecular weight excluding hydrogens is 252 g/mol. The number of fused-ring (bicyclic) bond motifs is 3. The predicted octanol–water partition coefficient (Wildman–Crippen LogP) is 1.61. The zero-order chi connectivity index (χ0) is 13.7. The predicted molar refractivity (Wildman–Crippen MR) is 75.1 cm³/mol. The molecule has 4 heteroatoms. The Bertz CT molecular complexity index is 543. The molecule has 2 saturated carbocycles. The van der Waals surface area contributed by atoms with E-state index in [9.17, 15) is 4.79 Å². The van der Waals surface area contributed by atoms with Crippen LogP contribution >= 0.6 is 0 Å². The minimum Gasteiger partial charge on any atom is -0.491 e. The van der Waals surface area contributed by atoms with Crippen LogP contribution in [0.1, 0.15) is 30.9 Å². The summed E-state index contributed by atoms with van der Waals surface area (Å²) >= 11 is 0. The van der Waals surface area contributed by atoms with Gasteiger partial charge in [-0.2, -0.15) is 0 Å². The summed E-state index contributed by atoms with van der Waals surface area (Å²) in [6, 6.07) is 7.93. The molecule has 1 aromatic rings. The topological polar surface area (TPSA) is 64.4 Å². The summed E-state index contributed by atoms with van der Waals surface area (Å²) in [5, 5.41) is 3.15. The highest BCUT2D eigenvalue weighted by Crippen LogP contribution is 2.48. The number of carbonyl (C=O) groups excluding carboxylic acids is 1. The van der Waals surface area contributed by atoms with Crippen LogP contribution in [-0.4, -0.2) is 18.6 Å². The maximum absolute atomic E-state index is 12.6. The van der Waals surface area contributed by atoms with E-state index in [0.29, 0.717) is 18.4 Å². The molecule has 20 heavy (non-hydrogen) atoms. The summed E-state index contributed by atoms with van der Waals surface area (Å²) in [4.78, 5) is 12.6. The second kappa shape index (κ2) is 4.48. The summed E-state index contributed by atoms with van der Waals surface area (Å²) in [5.74, 6) is 2.06. The van der Waals surface area contributed by atoms with Crippen LogP contribution in [0.15, 0.2) is 24.3 Å². The van der Waals surface area contributed by atoms with Crippen LogP contribution in [0.5, 0.6) is 5.75 Å². The van der Waals surface area contributed by atoms with E-state index in [1.807, 2.05) is 24.3 Å². The summed E-state index contributed by atoms with van der Waals surface area (Å²) < 4.78 is 5.62. The van der Waals surface area contributed by atoms with Gasteiger partial charge in [0.15, 0.2) is 0 Å². The fourth-order valence-electron chi connectivity index (χ4n) is 4.27. The molecule has 0 saturated heterocycles. The van der Waals surface area contributed by atoms with Crippen LogP contribution in [0, 0.1) is 17.8 Å². The molecule has 3 aliphatic rings. The van der Waals surface area contributed by atoms with Gasteiger partial charge in [-0.05, 0) is 37.2 Å². The molecule has 3 N–H and O–H groups in total. The zero-order valence-corrected chi connectivity index (χ0v) is 11.4. The molecule has 1 aliphatic heterocycles. The first-order chi connectivity index (χ1) is 9.74. The summed E-state index contributed by atoms with van der Waals surface area (Å²) in [7, 11) is 0. The molecule has 1 amide bonds. The number of para-hydroxylation sites is 1. The first kappa shape index (κ1) is 12.2. The molecule has 2 fully saturated rings. The van der Waals surface area contributed by atoms with Crippen LogP contribution in [-0.2, 0) is 4.79 Å². The van der Waals surface area contributed by atoms with Crippen molar-refractivity contribution in [3.63, 3.8) is 0 Å². The second-order valence-electron chi connectivity index (χ2n) is 6.35. The molecular formula is C16H20N2O2. The van der Waals surface area contributed by atoms with Crippen molar-refractivity contribution < 1.29 is 9.53 Å². The first-order valence-electron chi connectivity index (χ1n) is 7.51. The van der Waals surface area contributed by atoms with Crippen molar-refractivity contribution >= 4 is 5.91 Å². The van der Waals surface area contributed by atoms with E-state index >= 15 is 0 Å². The maximum Gasteiger partial charge on any atom is 0.225 e. The smallest absolute Gasteiger partial charge is 0.225 e. The third kappa shape index (κ3) is 1.74. The standard InChI is InChI=1S/C16H20N2O2/c17-15-10-6-5-9(7-10)14(15)16(19)18-12-8-20-13-4-2-1-3-11(12)13/h1-4,9-10,12,14-15H,5-8,17H2,(H,18,19). The highest BCUT2D eigenvalue weighted by atomic mass is 16.5. The van der Waals surface area contributed by atoms with Gasteiger partial charge in [-0.25, -0.2) is 0 Å². The fraction of sp³-hybridized carbons (Fsp3) is 0.562. The van der Waals surface area contributed by atoms with Gasteiger partial charge in [0.1, 0.15) is 12.4 Å². The molecule has 2 aliphatic carbocycles. The zero-order valence-electron chi connectivity index (χ0n) is 11.4. The number of nitrogens with one attached hydrogen (secondary N) is 1. The van der Waals surface area contributed by atoms with Crippen molar-refractivity contribution in [2.75, 3.05) is 6.61 Å². The number of carbonyl (C=O) groups is 1. The molecule has 4 nitrogen and oxygen atoms in total. The molecule has 1 heterocycles. The van der Waals surface area contributed by atoms with E-state index in [-0.39, 0.29) is 23.9 Å². The molecule has 106 valence electrons. The van der Waals surface area contributed by atoms with E-state index in [1.54, 1.807) is 0 Å². The Morgan fingerprint density at radius 3 is 2.85 bits per heavy atom. The van der Waals surface area contributed by atoms with E-state index < -0.39 is 0 Å². The van der Waals surface area contributed by atoms with Gasteiger partial charge in [0.05, 0.1) is 12.0 Å². The lowest BCUT2D eigenvalue weighted by Crippen LogP contribution is -2.46. The number of ether oxygens (including phenoxy) is 1. The Hall–Kier alpha value is -1.55. The van der Waals surface area contributed by atoms with E-state index in [1.165, 1.54) is 6.42 Å². The van der Waals surface area contributed by atoms with Crippen molar-refractivity contribution in [2.45, 2.75) is 31.3 Å². The molecule has 0 aromatic heterocycles. The number of hydrogen-bond acceptors (Lipinski definition) is 3. The van der Waals surface area contributed by atoms with Gasteiger partial charge in [-0.3, -0.25) is 4.79 Å². The van der Waals surface area contributed by atoms with Gasteiger partial charge in [-0.1, -0.05) is 18.2 Å². The maximum atomic E-state index is 12.6. The first-order valence-corrected chi connectivity index (χ1v) is 7.51. The lowest BCUT2D eigenvalue weighted by molar-refractivity contribution is -0.127. The molecule has 2 bridgehead atoms. The van der Waals surface area contributed by atoms with Crippen LogP contribution < -0.4 is 15.8 Å². The van der Waals surface area contributed by atoms with Crippen LogP contribution in [0.2, 0.25) is 0 Å². The van der Waals surface area contributed by atoms with Gasteiger partial charge < -0.3 is 15.8 Å². The van der Waals surface area contributed by atoms with E-state index in [0.717, 1.165) is 24.2 Å². The molecule has 1 aromatic carbocycles. The molecule has 0 radical (unpaired) electrons. The van der Waals surface area contributed by atoms with Gasteiger partial charge in [-0.15, -0.1) is 0 Å². The molecule has 4 rings (SSSR count). The Labute approximate surface area is 118 Å². The number of nitrogens with two attached hydrogens (primary N) is 1. The minimum absolute atomic E-state index is 0.00140. The van der Waals surface area contributed by atoms with E-state index in [2.05, 4.69) is 5.32 Å². The lowest BCUT2D eigenvalue weighted by Gasteiger charge is -2.28. The molecule has 5 atom stereocenters. The van der Waals surface area contributed by atoms with Gasteiger partial charge in [0, 0.05) is 11.6 Å². The number of benzene rings is 1. The normalized spacial score (nSPS) is 37.5. The largest absolute Gasteiger partial charge is 0.491 e. The third-order valence-corrected chi connectivity index (χ3v) is 5.30. The quantitative estimate of drug-likeness (QED) is 0.859. The molecule has 0 spiro atoms. The van der Waals surface area contributed by atoms with Gasteiger partial charge in [0.25, 0.3) is 0 Å². The second-order valence-corrected chi connectivity index (χ2v) is 6.35. The van der Waals surface area contributed by atoms with Crippen LogP contribution in [0.25, 0.3) is 0 Å². The van der Waals surface area contributed by atoms with Crippen molar-refractivity contribution in [2.24, 2.45) is 23.5 Å². The Balaban J connectivity index is 1.49. The number of hydrogen-bond donors (Lipinski definition) is 2. The Kier molecular flexibility index (Phi) is 2.74. The number of rotatable bonds is 2. The number of amides is 1. The highest BCUT2D eigenvalue weighted by molar-refractivity contribution is 5.81. The SMILES string of the molecule is NC1C2CCC(C2)C1C(=O)NC1COc2ccccc21. The van der Waals surface area contributed by atoms with Gasteiger partial charge in [0.2, 0.25) is 5.91 Å². The Morgan fingerprint density at radius 2 is 2.05 bits per heavy atom. The highest BCUT2D eigenvalue weighted by Gasteiger charge is 2.49. The van der Waals surface area contributed by atoms with Crippen LogP contribution in [0.4, 0.5) is 0 Å². The van der Waals surface area contributed by atoms with E-state index in [4.69, 9.17) is 10.5 Å². The van der Waals surface area contributed by atoms with Crippen molar-refractivity contribution in [1.82, 2.24) is 5.32 Å². The van der Waals surface area contributed by atoms with Gasteiger partial charge >= 0.3 is 0 Å². The van der Waals surface area contributed by atoms with Crippen LogP contribution in [0.3, 0.4) is 0 Å². The van der Waals surface area contributed by atoms with Crippen molar-refractivity contribution in [3.05, 3.63) is 29.8 Å². The average molecular weight is 272 g/mol. The lowest BCUT2D eigenvalue weighted by atomic mass is 9.84. The van der Waals surface area contributed by atoms with Crippen molar-refractivity contribution in [1.29, 1.82) is 0 Å². The minimum atomic E-state index is -0.0231. The average Bonchev–Trinajstić information content (AvgIpc) is 3.13.